The number of imide groups is 1. The standard InChI is InChI=1S/C18H14ClF3N2O5S/c1-29-15-5-3-11(9-14(15)24-16(25)6-7-17(24)26)30(27,28)23-13-8-10(18(20,21)22)2-4-12(13)19/h2-5,8-9,23H,6-7H2,1H3. The molecule has 0 radical (unpaired) electrons. The number of carbonyl (C=O) groups is 2. The third kappa shape index (κ3) is 4.21. The van der Waals surface area contributed by atoms with Gasteiger partial charge in [0.1, 0.15) is 5.75 Å². The predicted octanol–water partition coefficient (Wildman–Crippen LogP) is 3.82. The smallest absolute Gasteiger partial charge is 0.416 e. The zero-order chi connectivity index (χ0) is 22.3. The van der Waals surface area contributed by atoms with Gasteiger partial charge in [-0.05, 0) is 36.4 Å². The molecule has 2 aromatic rings. The molecule has 0 unspecified atom stereocenters. The number of nitrogens with one attached hydrogen (secondary N) is 1. The third-order valence-electron chi connectivity index (χ3n) is 4.29. The molecule has 2 amide bonds. The van der Waals surface area contributed by atoms with Crippen LogP contribution in [0.15, 0.2) is 41.3 Å². The number of nitrogens with zero attached hydrogens (tertiary/aromatic N) is 1. The first kappa shape index (κ1) is 21.9. The number of sulfonamides is 1. The van der Waals surface area contributed by atoms with Crippen molar-refractivity contribution in [1.29, 1.82) is 0 Å². The molecular weight excluding hydrogens is 449 g/mol. The number of hydrogen-bond acceptors (Lipinski definition) is 5. The van der Waals surface area contributed by atoms with Crippen molar-refractivity contribution in [3.05, 3.63) is 47.0 Å². The Morgan fingerprint density at radius 1 is 1.07 bits per heavy atom. The van der Waals surface area contributed by atoms with E-state index in [0.29, 0.717) is 6.07 Å². The van der Waals surface area contributed by atoms with Gasteiger partial charge in [0.05, 0.1) is 34.0 Å². The van der Waals surface area contributed by atoms with Crippen LogP contribution in [0.2, 0.25) is 5.02 Å². The van der Waals surface area contributed by atoms with E-state index in [0.717, 1.165) is 29.2 Å². The number of hydrogen-bond donors (Lipinski definition) is 1. The van der Waals surface area contributed by atoms with Crippen LogP contribution >= 0.6 is 11.6 Å². The van der Waals surface area contributed by atoms with Crippen LogP contribution < -0.4 is 14.4 Å². The number of benzene rings is 2. The number of carbonyl (C=O) groups excluding carboxylic acids is 2. The van der Waals surface area contributed by atoms with E-state index in [-0.39, 0.29) is 29.3 Å². The van der Waals surface area contributed by atoms with E-state index in [4.69, 9.17) is 16.3 Å². The molecule has 0 aliphatic carbocycles. The number of halogens is 4. The Morgan fingerprint density at radius 2 is 1.70 bits per heavy atom. The summed E-state index contributed by atoms with van der Waals surface area (Å²) in [4.78, 5) is 24.5. The maximum Gasteiger partial charge on any atom is 0.416 e. The first-order valence-electron chi connectivity index (χ1n) is 8.37. The van der Waals surface area contributed by atoms with Crippen LogP contribution in [0.1, 0.15) is 18.4 Å². The minimum absolute atomic E-state index is 0.0307. The fraction of sp³-hybridized carbons (Fsp3) is 0.222. The SMILES string of the molecule is COc1ccc(S(=O)(=O)Nc2cc(C(F)(F)F)ccc2Cl)cc1N1C(=O)CCC1=O. The largest absolute Gasteiger partial charge is 0.495 e. The number of anilines is 2. The normalized spacial score (nSPS) is 14.9. The zero-order valence-corrected chi connectivity index (χ0v) is 16.9. The number of rotatable bonds is 5. The maximum absolute atomic E-state index is 12.9. The molecule has 1 fully saturated rings. The molecular formula is C18H14ClF3N2O5S. The van der Waals surface area contributed by atoms with Crippen molar-refractivity contribution in [2.75, 3.05) is 16.7 Å². The first-order chi connectivity index (χ1) is 13.9. The monoisotopic (exact) mass is 462 g/mol. The lowest BCUT2D eigenvalue weighted by molar-refractivity contribution is -0.137. The zero-order valence-electron chi connectivity index (χ0n) is 15.3. The lowest BCUT2D eigenvalue weighted by atomic mass is 10.2. The number of amides is 2. The number of methoxy groups -OCH3 is 1. The van der Waals surface area contributed by atoms with Gasteiger partial charge in [-0.25, -0.2) is 13.3 Å². The van der Waals surface area contributed by atoms with Crippen molar-refractivity contribution in [3.8, 4) is 5.75 Å². The van der Waals surface area contributed by atoms with Crippen LogP contribution in [0.3, 0.4) is 0 Å². The van der Waals surface area contributed by atoms with Crippen LogP contribution in [-0.4, -0.2) is 27.3 Å². The predicted molar refractivity (Wildman–Crippen MR) is 102 cm³/mol. The average Bonchev–Trinajstić information content (AvgIpc) is 3.00. The second kappa shape index (κ2) is 7.80. The summed E-state index contributed by atoms with van der Waals surface area (Å²) >= 11 is 5.85. The van der Waals surface area contributed by atoms with E-state index in [9.17, 15) is 31.2 Å². The van der Waals surface area contributed by atoms with Gasteiger partial charge in [0, 0.05) is 12.8 Å². The first-order valence-corrected chi connectivity index (χ1v) is 10.2. The van der Waals surface area contributed by atoms with Crippen molar-refractivity contribution < 1.29 is 35.9 Å². The van der Waals surface area contributed by atoms with Gasteiger partial charge in [-0.15, -0.1) is 0 Å². The van der Waals surface area contributed by atoms with E-state index < -0.39 is 44.2 Å². The lowest BCUT2D eigenvalue weighted by Gasteiger charge is -2.19. The number of ether oxygens (including phenoxy) is 1. The lowest BCUT2D eigenvalue weighted by Crippen LogP contribution is -2.29. The summed E-state index contributed by atoms with van der Waals surface area (Å²) < 4.78 is 71.4. The summed E-state index contributed by atoms with van der Waals surface area (Å²) in [6.07, 6.45) is -4.76. The third-order valence-corrected chi connectivity index (χ3v) is 5.98. The van der Waals surface area contributed by atoms with Crippen molar-refractivity contribution in [2.45, 2.75) is 23.9 Å². The molecule has 0 bridgehead atoms. The van der Waals surface area contributed by atoms with Crippen molar-refractivity contribution in [3.63, 3.8) is 0 Å². The molecule has 3 rings (SSSR count). The highest BCUT2D eigenvalue weighted by Crippen LogP contribution is 2.37. The molecule has 1 aliphatic rings. The van der Waals surface area contributed by atoms with E-state index in [1.165, 1.54) is 13.2 Å². The Labute approximate surface area is 174 Å². The van der Waals surface area contributed by atoms with Gasteiger partial charge in [0.15, 0.2) is 0 Å². The quantitative estimate of drug-likeness (QED) is 0.682. The molecule has 1 heterocycles. The molecule has 0 spiro atoms. The fourth-order valence-corrected chi connectivity index (χ4v) is 4.15. The van der Waals surface area contributed by atoms with Gasteiger partial charge >= 0.3 is 6.18 Å². The van der Waals surface area contributed by atoms with Gasteiger partial charge in [-0.1, -0.05) is 11.6 Å². The summed E-state index contributed by atoms with van der Waals surface area (Å²) in [5.41, 5.74) is -1.64. The highest BCUT2D eigenvalue weighted by atomic mass is 35.5. The van der Waals surface area contributed by atoms with E-state index in [2.05, 4.69) is 0 Å². The molecule has 1 saturated heterocycles. The van der Waals surface area contributed by atoms with Crippen LogP contribution in [0.4, 0.5) is 24.5 Å². The summed E-state index contributed by atoms with van der Waals surface area (Å²) in [5.74, 6) is -0.974. The summed E-state index contributed by atoms with van der Waals surface area (Å²) in [6.45, 7) is 0. The van der Waals surface area contributed by atoms with Crippen molar-refractivity contribution >= 4 is 44.8 Å². The van der Waals surface area contributed by atoms with E-state index in [1.54, 1.807) is 0 Å². The van der Waals surface area contributed by atoms with Gasteiger partial charge in [0.25, 0.3) is 10.0 Å². The molecule has 0 atom stereocenters. The second-order valence-corrected chi connectivity index (χ2v) is 8.34. The van der Waals surface area contributed by atoms with Gasteiger partial charge < -0.3 is 4.74 Å². The molecule has 2 aromatic carbocycles. The second-order valence-electron chi connectivity index (χ2n) is 6.25. The van der Waals surface area contributed by atoms with E-state index >= 15 is 0 Å². The molecule has 160 valence electrons. The van der Waals surface area contributed by atoms with Crippen LogP contribution in [0.25, 0.3) is 0 Å². The highest BCUT2D eigenvalue weighted by molar-refractivity contribution is 7.92. The summed E-state index contributed by atoms with van der Waals surface area (Å²) in [5, 5.41) is -0.245. The van der Waals surface area contributed by atoms with E-state index in [1.807, 2.05) is 4.72 Å². The Hall–Kier alpha value is -2.79. The summed E-state index contributed by atoms with van der Waals surface area (Å²) in [6, 6.07) is 5.59. The fourth-order valence-electron chi connectivity index (χ4n) is 2.84. The average molecular weight is 463 g/mol. The molecule has 7 nitrogen and oxygen atoms in total. The molecule has 1 N–H and O–H groups in total. The van der Waals surface area contributed by atoms with Crippen LogP contribution in [0, 0.1) is 0 Å². The van der Waals surface area contributed by atoms with Crippen molar-refractivity contribution in [1.82, 2.24) is 0 Å². The number of alkyl halides is 3. The Bertz CT molecular complexity index is 1120. The minimum atomic E-state index is -4.70. The molecule has 12 heteroatoms. The molecule has 30 heavy (non-hydrogen) atoms. The maximum atomic E-state index is 12.9. The summed E-state index contributed by atoms with van der Waals surface area (Å²) in [7, 11) is -3.14. The van der Waals surface area contributed by atoms with Crippen molar-refractivity contribution in [2.24, 2.45) is 0 Å². The van der Waals surface area contributed by atoms with Gasteiger partial charge in [-0.2, -0.15) is 13.2 Å². The van der Waals surface area contributed by atoms with Crippen LogP contribution in [-0.2, 0) is 25.8 Å². The topological polar surface area (TPSA) is 92.8 Å². The van der Waals surface area contributed by atoms with Gasteiger partial charge in [-0.3, -0.25) is 14.3 Å². The molecule has 1 aliphatic heterocycles. The van der Waals surface area contributed by atoms with Crippen LogP contribution in [0.5, 0.6) is 5.75 Å². The Kier molecular flexibility index (Phi) is 5.70. The minimum Gasteiger partial charge on any atom is -0.495 e. The molecule has 0 saturated carbocycles. The highest BCUT2D eigenvalue weighted by Gasteiger charge is 2.34. The van der Waals surface area contributed by atoms with Gasteiger partial charge in [0.2, 0.25) is 11.8 Å². The Balaban J connectivity index is 2.03. The Morgan fingerprint density at radius 3 is 2.27 bits per heavy atom. The molecule has 0 aromatic heterocycles.